The van der Waals surface area contributed by atoms with Crippen molar-refractivity contribution in [3.8, 4) is 0 Å². The van der Waals surface area contributed by atoms with Crippen LogP contribution in [0.5, 0.6) is 0 Å². The van der Waals surface area contributed by atoms with Crippen molar-refractivity contribution in [2.75, 3.05) is 0 Å². The summed E-state index contributed by atoms with van der Waals surface area (Å²) in [6.45, 7) is 7.21. The van der Waals surface area contributed by atoms with Crippen LogP contribution in [0.3, 0.4) is 0 Å². The first kappa shape index (κ1) is 30.8. The zero-order valence-electron chi connectivity index (χ0n) is 24.0. The maximum atomic E-state index is 13.0. The highest BCUT2D eigenvalue weighted by atomic mass is 16.7. The third kappa shape index (κ3) is 8.23. The zero-order chi connectivity index (χ0) is 29.5. The maximum absolute atomic E-state index is 13.0. The number of ether oxygens (including phenoxy) is 5. The van der Waals surface area contributed by atoms with Crippen LogP contribution in [0.15, 0.2) is 91.0 Å². The number of carbonyl (C=O) groups excluding carboxylic acids is 1. The Morgan fingerprint density at radius 3 is 1.63 bits per heavy atom. The molecule has 0 radical (unpaired) electrons. The summed E-state index contributed by atoms with van der Waals surface area (Å²) in [5, 5.41) is 23.2. The Hall–Kier alpha value is -3.11. The lowest BCUT2D eigenvalue weighted by molar-refractivity contribution is -0.384. The van der Waals surface area contributed by atoms with E-state index in [0.29, 0.717) is 0 Å². The van der Waals surface area contributed by atoms with E-state index in [9.17, 15) is 15.0 Å². The van der Waals surface area contributed by atoms with E-state index in [4.69, 9.17) is 23.7 Å². The standard InChI is InChI=1S/C33H40O8/c1-23-27(37-20-24-14-8-5-9-15-24)28(38-21-25-16-10-6-11-17-25)30(39-22-26-18-12-7-13-19-26)33(36,40-23)29(34)31(35)41-32(2,3)4/h5-19,23,27-30,34,36H,20-22H2,1-4H3/t23-,27-,28+,29-,30-,33+/m0/s1. The van der Waals surface area contributed by atoms with Crippen LogP contribution in [0.25, 0.3) is 0 Å². The molecule has 0 spiro atoms. The number of hydrogen-bond acceptors (Lipinski definition) is 8. The van der Waals surface area contributed by atoms with Crippen molar-refractivity contribution in [3.05, 3.63) is 108 Å². The fourth-order valence-electron chi connectivity index (χ4n) is 4.77. The number of aliphatic hydroxyl groups is 2. The van der Waals surface area contributed by atoms with Gasteiger partial charge in [0.25, 0.3) is 0 Å². The van der Waals surface area contributed by atoms with Gasteiger partial charge in [-0.05, 0) is 44.4 Å². The van der Waals surface area contributed by atoms with Crippen LogP contribution in [-0.4, -0.2) is 58.1 Å². The van der Waals surface area contributed by atoms with Crippen molar-refractivity contribution in [2.24, 2.45) is 0 Å². The highest BCUT2D eigenvalue weighted by molar-refractivity contribution is 5.76. The van der Waals surface area contributed by atoms with E-state index in [2.05, 4.69) is 0 Å². The second-order valence-electron chi connectivity index (χ2n) is 11.3. The van der Waals surface area contributed by atoms with Gasteiger partial charge in [0.05, 0.1) is 25.9 Å². The average Bonchev–Trinajstić information content (AvgIpc) is 2.95. The van der Waals surface area contributed by atoms with Crippen LogP contribution < -0.4 is 0 Å². The number of esters is 1. The molecular formula is C33H40O8. The average molecular weight is 565 g/mol. The van der Waals surface area contributed by atoms with Crippen molar-refractivity contribution in [3.63, 3.8) is 0 Å². The van der Waals surface area contributed by atoms with Gasteiger partial charge in [0.2, 0.25) is 11.9 Å². The summed E-state index contributed by atoms with van der Waals surface area (Å²) in [5.74, 6) is -3.53. The van der Waals surface area contributed by atoms with Gasteiger partial charge in [0.15, 0.2) is 0 Å². The minimum atomic E-state index is -2.50. The van der Waals surface area contributed by atoms with E-state index in [1.807, 2.05) is 91.0 Å². The monoisotopic (exact) mass is 564 g/mol. The molecule has 3 aromatic rings. The molecule has 1 aliphatic heterocycles. The first-order chi connectivity index (χ1) is 19.6. The van der Waals surface area contributed by atoms with Crippen molar-refractivity contribution in [2.45, 2.75) is 89.4 Å². The molecule has 8 heteroatoms. The van der Waals surface area contributed by atoms with Gasteiger partial charge in [-0.15, -0.1) is 0 Å². The van der Waals surface area contributed by atoms with Crippen LogP contribution in [0.4, 0.5) is 0 Å². The normalized spacial score (nSPS) is 25.4. The molecule has 0 saturated carbocycles. The summed E-state index contributed by atoms with van der Waals surface area (Å²) in [6, 6.07) is 28.6. The summed E-state index contributed by atoms with van der Waals surface area (Å²) >= 11 is 0. The van der Waals surface area contributed by atoms with E-state index in [-0.39, 0.29) is 19.8 Å². The lowest BCUT2D eigenvalue weighted by atomic mass is 9.88. The predicted octanol–water partition coefficient (Wildman–Crippen LogP) is 4.55. The number of aliphatic hydroxyl groups excluding tert-OH is 1. The van der Waals surface area contributed by atoms with Gasteiger partial charge in [-0.2, -0.15) is 0 Å². The topological polar surface area (TPSA) is 104 Å². The molecule has 0 bridgehead atoms. The van der Waals surface area contributed by atoms with Gasteiger partial charge in [-0.1, -0.05) is 91.0 Å². The van der Waals surface area contributed by atoms with Crippen molar-refractivity contribution in [1.82, 2.24) is 0 Å². The predicted molar refractivity (Wildman–Crippen MR) is 152 cm³/mol. The third-order valence-electron chi connectivity index (χ3n) is 6.73. The molecule has 0 aromatic heterocycles. The smallest absolute Gasteiger partial charge is 0.341 e. The summed E-state index contributed by atoms with van der Waals surface area (Å²) in [5.41, 5.74) is 1.76. The first-order valence-corrected chi connectivity index (χ1v) is 13.8. The Morgan fingerprint density at radius 1 is 0.780 bits per heavy atom. The third-order valence-corrected chi connectivity index (χ3v) is 6.73. The zero-order valence-corrected chi connectivity index (χ0v) is 24.0. The van der Waals surface area contributed by atoms with Crippen LogP contribution in [-0.2, 0) is 48.3 Å². The Bertz CT molecular complexity index is 1210. The minimum absolute atomic E-state index is 0.0587. The molecule has 1 saturated heterocycles. The van der Waals surface area contributed by atoms with E-state index >= 15 is 0 Å². The van der Waals surface area contributed by atoms with E-state index in [0.717, 1.165) is 16.7 Å². The molecule has 4 rings (SSSR count). The molecule has 2 N–H and O–H groups in total. The summed E-state index contributed by atoms with van der Waals surface area (Å²) in [4.78, 5) is 13.0. The highest BCUT2D eigenvalue weighted by Crippen LogP contribution is 2.38. The second kappa shape index (κ2) is 13.7. The number of hydrogen-bond donors (Lipinski definition) is 2. The number of benzene rings is 3. The fourth-order valence-corrected chi connectivity index (χ4v) is 4.77. The summed E-state index contributed by atoms with van der Waals surface area (Å²) in [7, 11) is 0. The lowest BCUT2D eigenvalue weighted by Gasteiger charge is -2.50. The molecule has 0 aliphatic carbocycles. The van der Waals surface area contributed by atoms with Gasteiger partial charge in [0, 0.05) is 0 Å². The summed E-state index contributed by atoms with van der Waals surface area (Å²) in [6.07, 6.45) is -5.86. The SMILES string of the molecule is C[C@@H]1O[C@](O)([C@@H](O)C(=O)OC(C)(C)C)[C@@H](OCc2ccccc2)[C@H](OCc2ccccc2)[C@H]1OCc1ccccc1. The van der Waals surface area contributed by atoms with E-state index in [1.165, 1.54) is 0 Å². The molecule has 0 amide bonds. The summed E-state index contributed by atoms with van der Waals surface area (Å²) < 4.78 is 30.5. The molecule has 3 aromatic carbocycles. The Balaban J connectivity index is 1.68. The van der Waals surface area contributed by atoms with Crippen LogP contribution >= 0.6 is 0 Å². The lowest BCUT2D eigenvalue weighted by Crippen LogP contribution is -2.71. The van der Waals surface area contributed by atoms with Crippen LogP contribution in [0, 0.1) is 0 Å². The van der Waals surface area contributed by atoms with Gasteiger partial charge in [-0.25, -0.2) is 4.79 Å². The molecule has 220 valence electrons. The van der Waals surface area contributed by atoms with E-state index < -0.39 is 47.9 Å². The van der Waals surface area contributed by atoms with Crippen LogP contribution in [0.2, 0.25) is 0 Å². The second-order valence-corrected chi connectivity index (χ2v) is 11.3. The molecule has 6 atom stereocenters. The molecular weight excluding hydrogens is 524 g/mol. The van der Waals surface area contributed by atoms with E-state index in [1.54, 1.807) is 27.7 Å². The molecule has 1 heterocycles. The first-order valence-electron chi connectivity index (χ1n) is 13.8. The van der Waals surface area contributed by atoms with Crippen molar-refractivity contribution in [1.29, 1.82) is 0 Å². The van der Waals surface area contributed by atoms with Gasteiger partial charge in [-0.3, -0.25) is 0 Å². The Labute approximate surface area is 241 Å². The molecule has 1 fully saturated rings. The van der Waals surface area contributed by atoms with Crippen LogP contribution in [0.1, 0.15) is 44.4 Å². The number of carbonyl (C=O) groups is 1. The molecule has 8 nitrogen and oxygen atoms in total. The highest BCUT2D eigenvalue weighted by Gasteiger charge is 2.61. The number of rotatable bonds is 11. The van der Waals surface area contributed by atoms with Gasteiger partial charge in [0.1, 0.15) is 23.9 Å². The molecule has 1 aliphatic rings. The van der Waals surface area contributed by atoms with Gasteiger partial charge >= 0.3 is 5.97 Å². The molecule has 0 unspecified atom stereocenters. The quantitative estimate of drug-likeness (QED) is 0.327. The van der Waals surface area contributed by atoms with Gasteiger partial charge < -0.3 is 33.9 Å². The maximum Gasteiger partial charge on any atom is 0.341 e. The van der Waals surface area contributed by atoms with Crippen molar-refractivity contribution < 1.29 is 38.7 Å². The van der Waals surface area contributed by atoms with Crippen molar-refractivity contribution >= 4 is 5.97 Å². The largest absolute Gasteiger partial charge is 0.458 e. The Morgan fingerprint density at radius 2 is 1.20 bits per heavy atom. The Kier molecular flexibility index (Phi) is 10.3. The fraction of sp³-hybridized carbons (Fsp3) is 0.424. The minimum Gasteiger partial charge on any atom is -0.458 e. The molecule has 41 heavy (non-hydrogen) atoms.